The summed E-state index contributed by atoms with van der Waals surface area (Å²) in [4.78, 5) is 11.1. The Hall–Kier alpha value is -2.82. The zero-order valence-corrected chi connectivity index (χ0v) is 13.4. The van der Waals surface area contributed by atoms with E-state index in [2.05, 4.69) is 0 Å². The first kappa shape index (κ1) is 15.1. The molecule has 0 spiro atoms. The van der Waals surface area contributed by atoms with Gasteiger partial charge < -0.3 is 9.30 Å². The molecule has 0 N–H and O–H groups in total. The molecule has 0 aliphatic carbocycles. The van der Waals surface area contributed by atoms with Crippen LogP contribution >= 0.6 is 0 Å². The molecule has 0 aliphatic heterocycles. The first-order valence-corrected chi connectivity index (χ1v) is 7.47. The highest BCUT2D eigenvalue weighted by Gasteiger charge is 2.20. The lowest BCUT2D eigenvalue weighted by atomic mass is 10.0. The van der Waals surface area contributed by atoms with E-state index in [1.807, 2.05) is 54.9 Å². The third-order valence-corrected chi connectivity index (χ3v) is 4.23. The second kappa shape index (κ2) is 5.76. The normalized spacial score (nSPS) is 10.9. The van der Waals surface area contributed by atoms with Gasteiger partial charge in [0.2, 0.25) is 0 Å². The number of nitro benzene ring substituents is 1. The van der Waals surface area contributed by atoms with E-state index in [4.69, 9.17) is 4.74 Å². The molecule has 118 valence electrons. The van der Waals surface area contributed by atoms with E-state index >= 15 is 0 Å². The first-order chi connectivity index (χ1) is 11.1. The van der Waals surface area contributed by atoms with Crippen LogP contribution in [0.2, 0.25) is 0 Å². The average molecular weight is 310 g/mol. The molecule has 0 bridgehead atoms. The summed E-state index contributed by atoms with van der Waals surface area (Å²) in [6, 6.07) is 13.2. The molecule has 0 amide bonds. The van der Waals surface area contributed by atoms with Crippen molar-refractivity contribution in [2.75, 3.05) is 7.11 Å². The summed E-state index contributed by atoms with van der Waals surface area (Å²) < 4.78 is 7.11. The monoisotopic (exact) mass is 310 g/mol. The number of methoxy groups -OCH3 is 1. The SMILES string of the molecule is CCc1cc2c(-c3ccc(OC)cc3)ccc([N+](=O)[O-])c2n1C. The maximum absolute atomic E-state index is 11.4. The molecule has 5 nitrogen and oxygen atoms in total. The zero-order valence-electron chi connectivity index (χ0n) is 13.4. The largest absolute Gasteiger partial charge is 0.497 e. The zero-order chi connectivity index (χ0) is 16.6. The highest BCUT2D eigenvalue weighted by atomic mass is 16.6. The summed E-state index contributed by atoms with van der Waals surface area (Å²) >= 11 is 0. The summed E-state index contributed by atoms with van der Waals surface area (Å²) in [5, 5.41) is 12.3. The van der Waals surface area contributed by atoms with Crippen molar-refractivity contribution in [3.05, 3.63) is 58.3 Å². The Morgan fingerprint density at radius 3 is 2.43 bits per heavy atom. The van der Waals surface area contributed by atoms with Crippen molar-refractivity contribution < 1.29 is 9.66 Å². The third-order valence-electron chi connectivity index (χ3n) is 4.23. The van der Waals surface area contributed by atoms with Crippen LogP contribution in [0.1, 0.15) is 12.6 Å². The number of aromatic nitrogens is 1. The molecule has 0 fully saturated rings. The van der Waals surface area contributed by atoms with Crippen LogP contribution in [-0.4, -0.2) is 16.6 Å². The van der Waals surface area contributed by atoms with Gasteiger partial charge in [0.25, 0.3) is 5.69 Å². The topological polar surface area (TPSA) is 57.3 Å². The fourth-order valence-corrected chi connectivity index (χ4v) is 3.01. The second-order valence-corrected chi connectivity index (χ2v) is 5.43. The molecule has 5 heteroatoms. The standard InChI is InChI=1S/C18H18N2O3/c1-4-13-11-16-15(12-5-7-14(23-3)8-6-12)9-10-17(20(21)22)18(16)19(13)2/h5-11H,4H2,1-3H3. The summed E-state index contributed by atoms with van der Waals surface area (Å²) in [5.41, 5.74) is 3.88. The number of nitro groups is 1. The van der Waals surface area contributed by atoms with Crippen LogP contribution in [0.3, 0.4) is 0 Å². The van der Waals surface area contributed by atoms with E-state index < -0.39 is 0 Å². The predicted octanol–water partition coefficient (Wildman–Crippen LogP) is 4.32. The highest BCUT2D eigenvalue weighted by Crippen LogP contribution is 2.36. The minimum Gasteiger partial charge on any atom is -0.497 e. The molecule has 0 aliphatic rings. The number of rotatable bonds is 4. The summed E-state index contributed by atoms with van der Waals surface area (Å²) in [5.74, 6) is 0.786. The summed E-state index contributed by atoms with van der Waals surface area (Å²) in [6.45, 7) is 2.05. The van der Waals surface area contributed by atoms with Crippen LogP contribution < -0.4 is 4.74 Å². The van der Waals surface area contributed by atoms with Crippen LogP contribution in [0.15, 0.2) is 42.5 Å². The number of aryl methyl sites for hydroxylation is 2. The van der Waals surface area contributed by atoms with Gasteiger partial charge in [-0.3, -0.25) is 10.1 Å². The Kier molecular flexibility index (Phi) is 3.78. The molecule has 0 radical (unpaired) electrons. The molecule has 3 rings (SSSR count). The van der Waals surface area contributed by atoms with E-state index in [1.54, 1.807) is 13.2 Å². The fraction of sp³-hybridized carbons (Fsp3) is 0.222. The molecule has 1 aromatic heterocycles. The van der Waals surface area contributed by atoms with Crippen molar-refractivity contribution in [1.82, 2.24) is 4.57 Å². The lowest BCUT2D eigenvalue weighted by molar-refractivity contribution is -0.383. The van der Waals surface area contributed by atoms with Gasteiger partial charge in [0.15, 0.2) is 0 Å². The number of hydrogen-bond acceptors (Lipinski definition) is 3. The third kappa shape index (κ3) is 2.44. The van der Waals surface area contributed by atoms with Crippen LogP contribution in [0.5, 0.6) is 5.75 Å². The molecule has 0 saturated carbocycles. The van der Waals surface area contributed by atoms with E-state index in [0.717, 1.165) is 34.4 Å². The number of non-ortho nitro benzene ring substituents is 1. The van der Waals surface area contributed by atoms with E-state index in [1.165, 1.54) is 0 Å². The van der Waals surface area contributed by atoms with E-state index in [0.29, 0.717) is 5.52 Å². The van der Waals surface area contributed by atoms with Gasteiger partial charge in [-0.05, 0) is 41.8 Å². The molecule has 0 saturated heterocycles. The van der Waals surface area contributed by atoms with Crippen LogP contribution in [-0.2, 0) is 13.5 Å². The highest BCUT2D eigenvalue weighted by molar-refractivity contribution is 6.01. The maximum Gasteiger partial charge on any atom is 0.293 e. The van der Waals surface area contributed by atoms with Gasteiger partial charge in [-0.25, -0.2) is 0 Å². The second-order valence-electron chi connectivity index (χ2n) is 5.43. The number of fused-ring (bicyclic) bond motifs is 1. The Bertz CT molecular complexity index is 879. The van der Waals surface area contributed by atoms with Gasteiger partial charge >= 0.3 is 0 Å². The van der Waals surface area contributed by atoms with Gasteiger partial charge in [0.05, 0.1) is 12.0 Å². The minimum atomic E-state index is -0.320. The van der Waals surface area contributed by atoms with Crippen molar-refractivity contribution in [2.24, 2.45) is 7.05 Å². The first-order valence-electron chi connectivity index (χ1n) is 7.47. The van der Waals surface area contributed by atoms with Gasteiger partial charge in [-0.1, -0.05) is 19.1 Å². The number of ether oxygens (including phenoxy) is 1. The number of nitrogens with zero attached hydrogens (tertiary/aromatic N) is 2. The van der Waals surface area contributed by atoms with E-state index in [9.17, 15) is 10.1 Å². The Morgan fingerprint density at radius 1 is 1.17 bits per heavy atom. The van der Waals surface area contributed by atoms with Crippen molar-refractivity contribution in [3.8, 4) is 16.9 Å². The van der Waals surface area contributed by atoms with Gasteiger partial charge in [0.1, 0.15) is 11.3 Å². The van der Waals surface area contributed by atoms with Crippen molar-refractivity contribution in [3.63, 3.8) is 0 Å². The molecule has 2 aromatic carbocycles. The quantitative estimate of drug-likeness (QED) is 0.532. The summed E-state index contributed by atoms with van der Waals surface area (Å²) in [7, 11) is 3.51. The number of benzene rings is 2. The molecule has 0 unspecified atom stereocenters. The molecule has 0 atom stereocenters. The van der Waals surface area contributed by atoms with Crippen LogP contribution in [0.25, 0.3) is 22.0 Å². The fourth-order valence-electron chi connectivity index (χ4n) is 3.01. The Labute approximate surface area is 134 Å². The van der Waals surface area contributed by atoms with Gasteiger partial charge in [-0.15, -0.1) is 0 Å². The van der Waals surface area contributed by atoms with Crippen LogP contribution in [0, 0.1) is 10.1 Å². The molecule has 23 heavy (non-hydrogen) atoms. The predicted molar refractivity (Wildman–Crippen MR) is 90.9 cm³/mol. The molecular weight excluding hydrogens is 292 g/mol. The minimum absolute atomic E-state index is 0.138. The van der Waals surface area contributed by atoms with Crippen molar-refractivity contribution >= 4 is 16.6 Å². The van der Waals surface area contributed by atoms with Crippen LogP contribution in [0.4, 0.5) is 5.69 Å². The summed E-state index contributed by atoms with van der Waals surface area (Å²) in [6.07, 6.45) is 0.824. The maximum atomic E-state index is 11.4. The smallest absolute Gasteiger partial charge is 0.293 e. The van der Waals surface area contributed by atoms with Gasteiger partial charge in [-0.2, -0.15) is 0 Å². The molecule has 1 heterocycles. The molecular formula is C18H18N2O3. The average Bonchev–Trinajstić information content (AvgIpc) is 2.91. The lowest BCUT2D eigenvalue weighted by Crippen LogP contribution is -1.97. The lowest BCUT2D eigenvalue weighted by Gasteiger charge is -2.07. The van der Waals surface area contributed by atoms with Crippen molar-refractivity contribution in [1.29, 1.82) is 0 Å². The number of hydrogen-bond donors (Lipinski definition) is 0. The Morgan fingerprint density at radius 2 is 1.87 bits per heavy atom. The van der Waals surface area contributed by atoms with E-state index in [-0.39, 0.29) is 10.6 Å². The van der Waals surface area contributed by atoms with Gasteiger partial charge in [0, 0.05) is 24.2 Å². The Balaban J connectivity index is 2.29. The van der Waals surface area contributed by atoms with Crippen molar-refractivity contribution in [2.45, 2.75) is 13.3 Å². The molecule has 3 aromatic rings.